The summed E-state index contributed by atoms with van der Waals surface area (Å²) < 4.78 is 62.9. The van der Waals surface area contributed by atoms with Crippen LogP contribution in [-0.4, -0.2) is 45.7 Å². The van der Waals surface area contributed by atoms with Crippen molar-refractivity contribution in [2.75, 3.05) is 13.1 Å². The molecule has 0 bridgehead atoms. The molecule has 160 valence electrons. The largest absolute Gasteiger partial charge is 0.335 e. The Kier molecular flexibility index (Phi) is 4.97. The highest BCUT2D eigenvalue weighted by molar-refractivity contribution is 7.89. The van der Waals surface area contributed by atoms with Crippen molar-refractivity contribution in [3.05, 3.63) is 47.4 Å². The van der Waals surface area contributed by atoms with Crippen LogP contribution in [0.5, 0.6) is 0 Å². The van der Waals surface area contributed by atoms with Crippen LogP contribution < -0.4 is 0 Å². The van der Waals surface area contributed by atoms with Crippen LogP contribution in [0.3, 0.4) is 0 Å². The Balaban J connectivity index is 1.61. The average Bonchev–Trinajstić information content (AvgIpc) is 3.41. The molecular formula is C19H21F2N5O3S. The molecule has 1 aliphatic rings. The fourth-order valence-electron chi connectivity index (χ4n) is 3.73. The van der Waals surface area contributed by atoms with Crippen molar-refractivity contribution in [2.24, 2.45) is 0 Å². The third kappa shape index (κ3) is 3.31. The molecule has 1 saturated heterocycles. The molecular weight excluding hydrogens is 416 g/mol. The number of hydrogen-bond donors (Lipinski definition) is 0. The minimum absolute atomic E-state index is 0.0245. The molecule has 1 atom stereocenters. The van der Waals surface area contributed by atoms with Gasteiger partial charge in [-0.2, -0.15) is 14.4 Å². The quantitative estimate of drug-likeness (QED) is 0.609. The topological polar surface area (TPSA) is 94.1 Å². The fraction of sp³-hybridized carbons (Fsp3) is 0.421. The van der Waals surface area contributed by atoms with E-state index < -0.39 is 28.1 Å². The Morgan fingerprint density at radius 1 is 1.23 bits per heavy atom. The van der Waals surface area contributed by atoms with Crippen molar-refractivity contribution in [3.8, 4) is 11.4 Å². The molecule has 8 nitrogen and oxygen atoms in total. The van der Waals surface area contributed by atoms with Crippen LogP contribution >= 0.6 is 0 Å². The van der Waals surface area contributed by atoms with E-state index >= 15 is 4.39 Å². The summed E-state index contributed by atoms with van der Waals surface area (Å²) in [6.45, 7) is 5.25. The first kappa shape index (κ1) is 20.6. The third-order valence-electron chi connectivity index (χ3n) is 5.31. The lowest BCUT2D eigenvalue weighted by Gasteiger charge is -2.18. The highest BCUT2D eigenvalue weighted by Gasteiger charge is 2.49. The monoisotopic (exact) mass is 437 g/mol. The van der Waals surface area contributed by atoms with Gasteiger partial charge in [-0.1, -0.05) is 5.16 Å². The fourth-order valence-corrected chi connectivity index (χ4v) is 5.59. The average molecular weight is 437 g/mol. The van der Waals surface area contributed by atoms with E-state index in [0.717, 1.165) is 4.31 Å². The molecule has 0 amide bonds. The standard InChI is InChI=1S/C19H21F2N5O3S/c1-4-26-13(3)16(12(2)23-26)30(27,28)25-10-9-19(21,11-25)18-22-17(24-29-18)14-5-7-15(20)8-6-14/h5-8H,4,9-11H2,1-3H3. The Morgan fingerprint density at radius 3 is 2.57 bits per heavy atom. The van der Waals surface area contributed by atoms with Gasteiger partial charge in [0.1, 0.15) is 10.7 Å². The Labute approximate surface area is 172 Å². The van der Waals surface area contributed by atoms with Crippen molar-refractivity contribution in [3.63, 3.8) is 0 Å². The summed E-state index contributed by atoms with van der Waals surface area (Å²) in [4.78, 5) is 4.20. The number of alkyl halides is 1. The summed E-state index contributed by atoms with van der Waals surface area (Å²) >= 11 is 0. The van der Waals surface area contributed by atoms with E-state index in [9.17, 15) is 12.8 Å². The van der Waals surface area contributed by atoms with Crippen LogP contribution in [-0.2, 0) is 22.2 Å². The summed E-state index contributed by atoms with van der Waals surface area (Å²) in [7, 11) is -3.94. The number of sulfonamides is 1. The van der Waals surface area contributed by atoms with Gasteiger partial charge < -0.3 is 4.52 Å². The summed E-state index contributed by atoms with van der Waals surface area (Å²) in [5.74, 6) is -0.602. The van der Waals surface area contributed by atoms with E-state index in [4.69, 9.17) is 4.52 Å². The van der Waals surface area contributed by atoms with Crippen molar-refractivity contribution in [2.45, 2.75) is 44.3 Å². The normalized spacial score (nSPS) is 20.2. The van der Waals surface area contributed by atoms with E-state index in [-0.39, 0.29) is 29.6 Å². The van der Waals surface area contributed by atoms with Gasteiger partial charge in [0.2, 0.25) is 21.5 Å². The lowest BCUT2D eigenvalue weighted by atomic mass is 10.1. The van der Waals surface area contributed by atoms with Gasteiger partial charge in [-0.05, 0) is 45.0 Å². The molecule has 1 aromatic carbocycles. The summed E-state index contributed by atoms with van der Waals surface area (Å²) in [6, 6.07) is 5.39. The zero-order valence-corrected chi connectivity index (χ0v) is 17.6. The third-order valence-corrected chi connectivity index (χ3v) is 7.41. The maximum Gasteiger partial charge on any atom is 0.266 e. The summed E-state index contributed by atoms with van der Waals surface area (Å²) in [6.07, 6.45) is -0.114. The summed E-state index contributed by atoms with van der Waals surface area (Å²) in [5, 5.41) is 8.02. The minimum atomic E-state index is -3.94. The van der Waals surface area contributed by atoms with Gasteiger partial charge in [-0.25, -0.2) is 17.2 Å². The van der Waals surface area contributed by atoms with Crippen molar-refractivity contribution in [1.82, 2.24) is 24.2 Å². The molecule has 1 fully saturated rings. The van der Waals surface area contributed by atoms with Gasteiger partial charge in [-0.15, -0.1) is 0 Å². The van der Waals surface area contributed by atoms with E-state index in [2.05, 4.69) is 15.2 Å². The van der Waals surface area contributed by atoms with Gasteiger partial charge in [0.25, 0.3) is 5.89 Å². The van der Waals surface area contributed by atoms with E-state index in [1.165, 1.54) is 24.3 Å². The molecule has 0 radical (unpaired) electrons. The lowest BCUT2D eigenvalue weighted by molar-refractivity contribution is 0.127. The van der Waals surface area contributed by atoms with Crippen molar-refractivity contribution >= 4 is 10.0 Å². The molecule has 30 heavy (non-hydrogen) atoms. The predicted molar refractivity (Wildman–Crippen MR) is 103 cm³/mol. The zero-order valence-electron chi connectivity index (χ0n) is 16.8. The Hall–Kier alpha value is -2.66. The van der Waals surface area contributed by atoms with Gasteiger partial charge in [0.05, 0.1) is 17.9 Å². The predicted octanol–water partition coefficient (Wildman–Crippen LogP) is 2.97. The molecule has 0 aliphatic carbocycles. The smallest absolute Gasteiger partial charge is 0.266 e. The van der Waals surface area contributed by atoms with Crippen LogP contribution in [0.2, 0.25) is 0 Å². The molecule has 2 aromatic heterocycles. The second-order valence-electron chi connectivity index (χ2n) is 7.30. The molecule has 0 N–H and O–H groups in total. The molecule has 4 rings (SSSR count). The second kappa shape index (κ2) is 7.24. The van der Waals surface area contributed by atoms with Crippen LogP contribution in [0.15, 0.2) is 33.7 Å². The first-order valence-electron chi connectivity index (χ1n) is 9.49. The molecule has 3 aromatic rings. The number of halogens is 2. The van der Waals surface area contributed by atoms with Crippen molar-refractivity contribution in [1.29, 1.82) is 0 Å². The SMILES string of the molecule is CCn1nc(C)c(S(=O)(=O)N2CCC(F)(c3nc(-c4ccc(F)cc4)no3)C2)c1C. The second-order valence-corrected chi connectivity index (χ2v) is 9.17. The van der Waals surface area contributed by atoms with Gasteiger partial charge >= 0.3 is 0 Å². The summed E-state index contributed by atoms with van der Waals surface area (Å²) in [5.41, 5.74) is -0.749. The Morgan fingerprint density at radius 2 is 1.93 bits per heavy atom. The van der Waals surface area contributed by atoms with Gasteiger partial charge in [0.15, 0.2) is 0 Å². The number of nitrogens with zero attached hydrogens (tertiary/aromatic N) is 5. The first-order chi connectivity index (χ1) is 14.2. The molecule has 11 heteroatoms. The number of hydrogen-bond acceptors (Lipinski definition) is 6. The van der Waals surface area contributed by atoms with Gasteiger partial charge in [-0.3, -0.25) is 4.68 Å². The highest BCUT2D eigenvalue weighted by Crippen LogP contribution is 2.39. The number of aromatic nitrogens is 4. The molecule has 1 unspecified atom stereocenters. The lowest BCUT2D eigenvalue weighted by Crippen LogP contribution is -2.33. The van der Waals surface area contributed by atoms with E-state index in [0.29, 0.717) is 23.5 Å². The maximum atomic E-state index is 15.6. The molecule has 3 heterocycles. The molecule has 1 aliphatic heterocycles. The number of benzene rings is 1. The molecule has 0 saturated carbocycles. The van der Waals surface area contributed by atoms with Crippen molar-refractivity contribution < 1.29 is 21.7 Å². The van der Waals surface area contributed by atoms with E-state index in [1.54, 1.807) is 18.5 Å². The van der Waals surface area contributed by atoms with Crippen LogP contribution in [0.4, 0.5) is 8.78 Å². The first-order valence-corrected chi connectivity index (χ1v) is 10.9. The highest BCUT2D eigenvalue weighted by atomic mass is 32.2. The maximum absolute atomic E-state index is 15.6. The van der Waals surface area contributed by atoms with Crippen LogP contribution in [0.1, 0.15) is 30.6 Å². The minimum Gasteiger partial charge on any atom is -0.335 e. The number of aryl methyl sites for hydroxylation is 2. The number of rotatable bonds is 5. The molecule has 0 spiro atoms. The zero-order chi connectivity index (χ0) is 21.7. The van der Waals surface area contributed by atoms with Crippen LogP contribution in [0.25, 0.3) is 11.4 Å². The van der Waals surface area contributed by atoms with Crippen LogP contribution in [0, 0.1) is 19.7 Å². The van der Waals surface area contributed by atoms with Gasteiger partial charge in [0, 0.05) is 25.1 Å². The Bertz CT molecular complexity index is 1190. The van der Waals surface area contributed by atoms with E-state index in [1.807, 2.05) is 6.92 Å².